The number of esters is 1. The van der Waals surface area contributed by atoms with Crippen LogP contribution in [0, 0.1) is 0 Å². The molecule has 1 aromatic carbocycles. The van der Waals surface area contributed by atoms with Crippen molar-refractivity contribution in [1.82, 2.24) is 9.78 Å². The third-order valence-electron chi connectivity index (χ3n) is 4.91. The van der Waals surface area contributed by atoms with E-state index in [-0.39, 0.29) is 11.9 Å². The zero-order valence-corrected chi connectivity index (χ0v) is 16.4. The summed E-state index contributed by atoms with van der Waals surface area (Å²) in [5.74, 6) is -0.612. The molecule has 2 aromatic heterocycles. The van der Waals surface area contributed by atoms with Crippen molar-refractivity contribution in [2.75, 3.05) is 12.4 Å². The van der Waals surface area contributed by atoms with Gasteiger partial charge in [0.2, 0.25) is 0 Å². The van der Waals surface area contributed by atoms with E-state index in [0.29, 0.717) is 22.7 Å². The highest BCUT2D eigenvalue weighted by Crippen LogP contribution is 2.38. The molecule has 0 spiro atoms. The van der Waals surface area contributed by atoms with Crippen molar-refractivity contribution in [3.8, 4) is 0 Å². The third-order valence-corrected chi connectivity index (χ3v) is 6.12. The number of amides is 1. The van der Waals surface area contributed by atoms with Gasteiger partial charge in [0.1, 0.15) is 5.00 Å². The topological polar surface area (TPSA) is 73.2 Å². The SMILES string of the molecule is COC(=O)c1c(NC(=O)c2ccc(Cn3cccn3)cc2)sc2c1CCCC2. The van der Waals surface area contributed by atoms with Gasteiger partial charge >= 0.3 is 5.97 Å². The fraction of sp³-hybridized carbons (Fsp3) is 0.286. The Kier molecular flexibility index (Phi) is 5.25. The van der Waals surface area contributed by atoms with Crippen molar-refractivity contribution in [2.45, 2.75) is 32.2 Å². The number of aryl methyl sites for hydroxylation is 1. The Labute approximate surface area is 167 Å². The number of hydrogen-bond acceptors (Lipinski definition) is 5. The molecule has 4 rings (SSSR count). The monoisotopic (exact) mass is 395 g/mol. The van der Waals surface area contributed by atoms with Gasteiger partial charge in [-0.3, -0.25) is 9.48 Å². The summed E-state index contributed by atoms with van der Waals surface area (Å²) in [6.07, 6.45) is 7.60. The molecule has 0 fully saturated rings. The van der Waals surface area contributed by atoms with Crippen LogP contribution in [0.4, 0.5) is 5.00 Å². The molecule has 7 heteroatoms. The Balaban J connectivity index is 1.53. The summed E-state index contributed by atoms with van der Waals surface area (Å²) in [4.78, 5) is 26.2. The molecule has 0 unspecified atom stereocenters. The van der Waals surface area contributed by atoms with Gasteiger partial charge in [-0.2, -0.15) is 5.10 Å². The van der Waals surface area contributed by atoms with E-state index in [1.807, 2.05) is 29.1 Å². The first-order valence-corrected chi connectivity index (χ1v) is 10.1. The molecular weight excluding hydrogens is 374 g/mol. The fourth-order valence-electron chi connectivity index (χ4n) is 3.49. The molecule has 0 bridgehead atoms. The van der Waals surface area contributed by atoms with Crippen LogP contribution in [0.3, 0.4) is 0 Å². The van der Waals surface area contributed by atoms with E-state index in [4.69, 9.17) is 4.74 Å². The molecule has 1 N–H and O–H groups in total. The van der Waals surface area contributed by atoms with Crippen LogP contribution < -0.4 is 5.32 Å². The van der Waals surface area contributed by atoms with E-state index in [9.17, 15) is 9.59 Å². The van der Waals surface area contributed by atoms with Crippen molar-refractivity contribution in [1.29, 1.82) is 0 Å². The molecule has 0 saturated carbocycles. The summed E-state index contributed by atoms with van der Waals surface area (Å²) in [6.45, 7) is 0.652. The van der Waals surface area contributed by atoms with Gasteiger partial charge in [0, 0.05) is 22.8 Å². The molecule has 28 heavy (non-hydrogen) atoms. The van der Waals surface area contributed by atoms with Crippen molar-refractivity contribution < 1.29 is 14.3 Å². The number of aromatic nitrogens is 2. The van der Waals surface area contributed by atoms with Gasteiger partial charge in [0.05, 0.1) is 19.2 Å². The van der Waals surface area contributed by atoms with Gasteiger partial charge < -0.3 is 10.1 Å². The van der Waals surface area contributed by atoms with Gasteiger partial charge in [0.15, 0.2) is 0 Å². The van der Waals surface area contributed by atoms with E-state index in [1.54, 1.807) is 18.3 Å². The predicted molar refractivity (Wildman–Crippen MR) is 108 cm³/mol. The highest BCUT2D eigenvalue weighted by atomic mass is 32.1. The number of rotatable bonds is 5. The van der Waals surface area contributed by atoms with Crippen LogP contribution in [0.15, 0.2) is 42.7 Å². The lowest BCUT2D eigenvalue weighted by molar-refractivity contribution is 0.0601. The first kappa shape index (κ1) is 18.4. The molecule has 0 saturated heterocycles. The van der Waals surface area contributed by atoms with E-state index in [2.05, 4.69) is 10.4 Å². The van der Waals surface area contributed by atoms with Gasteiger partial charge in [-0.25, -0.2) is 4.79 Å². The quantitative estimate of drug-likeness (QED) is 0.665. The number of benzene rings is 1. The second kappa shape index (κ2) is 7.98. The third kappa shape index (κ3) is 3.71. The van der Waals surface area contributed by atoms with Gasteiger partial charge in [-0.15, -0.1) is 11.3 Å². The minimum atomic E-state index is -0.385. The second-order valence-corrected chi connectivity index (χ2v) is 7.87. The van der Waals surface area contributed by atoms with E-state index in [1.165, 1.54) is 23.3 Å². The summed E-state index contributed by atoms with van der Waals surface area (Å²) < 4.78 is 6.79. The molecule has 3 aromatic rings. The standard InChI is InChI=1S/C21H21N3O3S/c1-27-21(26)18-16-5-2-3-6-17(16)28-20(18)23-19(25)15-9-7-14(8-10-15)13-24-12-4-11-22-24/h4,7-12H,2-3,5-6,13H2,1H3,(H,23,25). The molecule has 144 valence electrons. The Bertz CT molecular complexity index is 991. The first-order valence-electron chi connectivity index (χ1n) is 9.26. The number of nitrogens with zero attached hydrogens (tertiary/aromatic N) is 2. The number of anilines is 1. The van der Waals surface area contributed by atoms with Gasteiger partial charge in [0.25, 0.3) is 5.91 Å². The molecule has 1 aliphatic rings. The Hall–Kier alpha value is -2.93. The maximum Gasteiger partial charge on any atom is 0.341 e. The molecular formula is C21H21N3O3S. The lowest BCUT2D eigenvalue weighted by Crippen LogP contribution is -2.15. The number of carbonyl (C=O) groups is 2. The molecule has 6 nitrogen and oxygen atoms in total. The average molecular weight is 395 g/mol. The van der Waals surface area contributed by atoms with Crippen LogP contribution in [0.2, 0.25) is 0 Å². The minimum absolute atomic E-state index is 0.227. The minimum Gasteiger partial charge on any atom is -0.465 e. The molecule has 1 amide bonds. The number of nitrogens with one attached hydrogen (secondary N) is 1. The molecule has 0 aliphatic heterocycles. The number of ether oxygens (including phenoxy) is 1. The largest absolute Gasteiger partial charge is 0.465 e. The van der Waals surface area contributed by atoms with E-state index in [0.717, 1.165) is 36.8 Å². The van der Waals surface area contributed by atoms with Crippen molar-refractivity contribution >= 4 is 28.2 Å². The van der Waals surface area contributed by atoms with Crippen LogP contribution >= 0.6 is 11.3 Å². The second-order valence-electron chi connectivity index (χ2n) is 6.76. The van der Waals surface area contributed by atoms with Crippen LogP contribution in [0.5, 0.6) is 0 Å². The lowest BCUT2D eigenvalue weighted by Gasteiger charge is -2.11. The zero-order chi connectivity index (χ0) is 19.5. The summed E-state index contributed by atoms with van der Waals surface area (Å²) >= 11 is 1.49. The summed E-state index contributed by atoms with van der Waals surface area (Å²) in [5.41, 5.74) is 3.16. The Morgan fingerprint density at radius 1 is 1.21 bits per heavy atom. The first-order chi connectivity index (χ1) is 13.7. The van der Waals surface area contributed by atoms with Crippen molar-refractivity contribution in [3.63, 3.8) is 0 Å². The highest BCUT2D eigenvalue weighted by molar-refractivity contribution is 7.17. The molecule has 2 heterocycles. The van der Waals surface area contributed by atoms with Crippen LogP contribution in [-0.2, 0) is 24.1 Å². The summed E-state index contributed by atoms with van der Waals surface area (Å²) in [7, 11) is 1.37. The number of hydrogen-bond donors (Lipinski definition) is 1. The highest BCUT2D eigenvalue weighted by Gasteiger charge is 2.27. The van der Waals surface area contributed by atoms with E-state index < -0.39 is 0 Å². The molecule has 0 atom stereocenters. The summed E-state index contributed by atoms with van der Waals surface area (Å²) in [5, 5.41) is 7.70. The maximum atomic E-state index is 12.7. The molecule has 0 radical (unpaired) electrons. The zero-order valence-electron chi connectivity index (χ0n) is 15.6. The predicted octanol–water partition coefficient (Wildman–Crippen LogP) is 3.91. The lowest BCUT2D eigenvalue weighted by atomic mass is 9.95. The van der Waals surface area contributed by atoms with Gasteiger partial charge in [-0.05, 0) is 55.0 Å². The smallest absolute Gasteiger partial charge is 0.341 e. The van der Waals surface area contributed by atoms with Crippen LogP contribution in [0.25, 0.3) is 0 Å². The Morgan fingerprint density at radius 2 is 2.00 bits per heavy atom. The van der Waals surface area contributed by atoms with Crippen molar-refractivity contribution in [3.05, 3.63) is 69.9 Å². The normalized spacial score (nSPS) is 13.0. The average Bonchev–Trinajstić information content (AvgIpc) is 3.35. The number of thiophene rings is 1. The van der Waals surface area contributed by atoms with Crippen LogP contribution in [0.1, 0.15) is 49.6 Å². The van der Waals surface area contributed by atoms with E-state index >= 15 is 0 Å². The number of fused-ring (bicyclic) bond motifs is 1. The summed E-state index contributed by atoms with van der Waals surface area (Å²) in [6, 6.07) is 9.29. The van der Waals surface area contributed by atoms with Crippen molar-refractivity contribution in [2.24, 2.45) is 0 Å². The number of methoxy groups -OCH3 is 1. The van der Waals surface area contributed by atoms with Gasteiger partial charge in [-0.1, -0.05) is 12.1 Å². The Morgan fingerprint density at radius 3 is 2.71 bits per heavy atom. The van der Waals surface area contributed by atoms with Crippen LogP contribution in [-0.4, -0.2) is 28.8 Å². The molecule has 1 aliphatic carbocycles. The fourth-order valence-corrected chi connectivity index (χ4v) is 4.76. The number of carbonyl (C=O) groups excluding carboxylic acids is 2. The maximum absolute atomic E-state index is 12.7.